The molecule has 0 saturated carbocycles. The van der Waals surface area contributed by atoms with Crippen molar-refractivity contribution in [2.75, 3.05) is 12.4 Å². The Morgan fingerprint density at radius 2 is 2.16 bits per heavy atom. The minimum Gasteiger partial charge on any atom is -0.467 e. The lowest BCUT2D eigenvalue weighted by atomic mass is 9.95. The zero-order valence-corrected chi connectivity index (χ0v) is 10.8. The highest BCUT2D eigenvalue weighted by molar-refractivity contribution is 6.03. The van der Waals surface area contributed by atoms with E-state index in [1.165, 1.54) is 7.11 Å². The Kier molecular flexibility index (Phi) is 2.89. The van der Waals surface area contributed by atoms with Gasteiger partial charge in [-0.1, -0.05) is 12.1 Å². The summed E-state index contributed by atoms with van der Waals surface area (Å²) in [5.74, 6) is -0.423. The third-order valence-electron chi connectivity index (χ3n) is 3.81. The molecule has 3 rings (SSSR count). The topological polar surface area (TPSA) is 58.6 Å². The van der Waals surface area contributed by atoms with Gasteiger partial charge in [-0.3, -0.25) is 4.79 Å². The lowest BCUT2D eigenvalue weighted by Crippen LogP contribution is -2.58. The van der Waals surface area contributed by atoms with Crippen molar-refractivity contribution in [3.63, 3.8) is 0 Å². The first kappa shape index (κ1) is 12.0. The number of piperidine rings is 1. The smallest absolute Gasteiger partial charge is 0.328 e. The van der Waals surface area contributed by atoms with Gasteiger partial charge in [-0.25, -0.2) is 4.79 Å². The van der Waals surface area contributed by atoms with Gasteiger partial charge in [-0.05, 0) is 31.4 Å². The maximum absolute atomic E-state index is 12.6. The molecule has 5 heteroatoms. The number of carbonyl (C=O) groups is 2. The molecule has 1 amide bonds. The van der Waals surface area contributed by atoms with Crippen molar-refractivity contribution in [3.05, 3.63) is 29.8 Å². The first-order chi connectivity index (χ1) is 9.22. The Bertz CT molecular complexity index is 529. The normalized spacial score (nSPS) is 25.1. The van der Waals surface area contributed by atoms with E-state index < -0.39 is 6.04 Å². The van der Waals surface area contributed by atoms with Crippen LogP contribution in [-0.4, -0.2) is 36.1 Å². The largest absolute Gasteiger partial charge is 0.467 e. The molecule has 2 atom stereocenters. The van der Waals surface area contributed by atoms with Crippen LogP contribution in [0, 0.1) is 0 Å². The van der Waals surface area contributed by atoms with Gasteiger partial charge < -0.3 is 15.0 Å². The quantitative estimate of drug-likeness (QED) is 0.779. The van der Waals surface area contributed by atoms with Crippen LogP contribution in [0.5, 0.6) is 0 Å². The Hall–Kier alpha value is -2.04. The van der Waals surface area contributed by atoms with Crippen molar-refractivity contribution in [2.45, 2.75) is 31.5 Å². The number of hydrogen-bond donors (Lipinski definition) is 1. The number of benzene rings is 1. The zero-order chi connectivity index (χ0) is 13.4. The second-order valence-electron chi connectivity index (χ2n) is 4.89. The van der Waals surface area contributed by atoms with E-state index in [0.717, 1.165) is 18.5 Å². The number of ether oxygens (including phenoxy) is 1. The number of amides is 1. The molecule has 1 N–H and O–H groups in total. The van der Waals surface area contributed by atoms with Crippen molar-refractivity contribution in [1.29, 1.82) is 0 Å². The Morgan fingerprint density at radius 1 is 1.37 bits per heavy atom. The summed E-state index contributed by atoms with van der Waals surface area (Å²) in [7, 11) is 1.36. The molecule has 2 aliphatic rings. The van der Waals surface area contributed by atoms with E-state index in [-0.39, 0.29) is 18.0 Å². The molecule has 1 saturated heterocycles. The Labute approximate surface area is 111 Å². The van der Waals surface area contributed by atoms with E-state index in [1.54, 1.807) is 11.0 Å². The summed E-state index contributed by atoms with van der Waals surface area (Å²) in [6.45, 7) is 0. The number of hydrogen-bond acceptors (Lipinski definition) is 4. The number of methoxy groups -OCH3 is 1. The summed E-state index contributed by atoms with van der Waals surface area (Å²) in [4.78, 5) is 26.0. The third-order valence-corrected chi connectivity index (χ3v) is 3.81. The summed E-state index contributed by atoms with van der Waals surface area (Å²) in [6, 6.07) is 6.93. The number of esters is 1. The molecule has 0 spiro atoms. The molecule has 0 unspecified atom stereocenters. The number of nitrogens with one attached hydrogen (secondary N) is 1. The molecule has 0 radical (unpaired) electrons. The lowest BCUT2D eigenvalue weighted by Gasteiger charge is -2.44. The van der Waals surface area contributed by atoms with E-state index in [1.807, 2.05) is 18.2 Å². The van der Waals surface area contributed by atoms with Gasteiger partial charge >= 0.3 is 5.97 Å². The van der Waals surface area contributed by atoms with Crippen molar-refractivity contribution < 1.29 is 14.3 Å². The van der Waals surface area contributed by atoms with Crippen LogP contribution in [0.2, 0.25) is 0 Å². The summed E-state index contributed by atoms with van der Waals surface area (Å²) in [5, 5.41) is 3.34. The third kappa shape index (κ3) is 1.85. The standard InChI is InChI=1S/C14H16N2O3/c1-19-14(18)11-7-4-8-12-15-10-6-3-2-5-9(10)13(17)16(11)12/h2-3,5-6,11-12,15H,4,7-8H2,1H3/t11-,12-/m0/s1. The summed E-state index contributed by atoms with van der Waals surface area (Å²) in [6.07, 6.45) is 2.32. The van der Waals surface area contributed by atoms with Crippen LogP contribution < -0.4 is 5.32 Å². The maximum atomic E-state index is 12.6. The van der Waals surface area contributed by atoms with Gasteiger partial charge in [0.2, 0.25) is 0 Å². The first-order valence-corrected chi connectivity index (χ1v) is 6.48. The van der Waals surface area contributed by atoms with E-state index in [0.29, 0.717) is 12.0 Å². The monoisotopic (exact) mass is 260 g/mol. The molecule has 2 heterocycles. The van der Waals surface area contributed by atoms with Crippen LogP contribution >= 0.6 is 0 Å². The molecular weight excluding hydrogens is 244 g/mol. The van der Waals surface area contributed by atoms with Gasteiger partial charge in [0.15, 0.2) is 0 Å². The molecule has 19 heavy (non-hydrogen) atoms. The van der Waals surface area contributed by atoms with Gasteiger partial charge in [0.05, 0.1) is 12.7 Å². The fourth-order valence-electron chi connectivity index (χ4n) is 2.91. The molecule has 2 aliphatic heterocycles. The molecule has 0 aromatic heterocycles. The molecule has 1 aromatic rings. The average molecular weight is 260 g/mol. The van der Waals surface area contributed by atoms with E-state index in [2.05, 4.69) is 5.32 Å². The van der Waals surface area contributed by atoms with E-state index >= 15 is 0 Å². The van der Waals surface area contributed by atoms with Crippen LogP contribution in [0.3, 0.4) is 0 Å². The van der Waals surface area contributed by atoms with Crippen molar-refractivity contribution in [1.82, 2.24) is 4.90 Å². The van der Waals surface area contributed by atoms with Crippen LogP contribution in [0.15, 0.2) is 24.3 Å². The molecule has 1 fully saturated rings. The average Bonchev–Trinajstić information content (AvgIpc) is 2.46. The van der Waals surface area contributed by atoms with Crippen molar-refractivity contribution >= 4 is 17.6 Å². The van der Waals surface area contributed by atoms with Crippen LogP contribution in [-0.2, 0) is 9.53 Å². The lowest BCUT2D eigenvalue weighted by molar-refractivity contribution is -0.148. The minimum atomic E-state index is -0.475. The van der Waals surface area contributed by atoms with Crippen LogP contribution in [0.25, 0.3) is 0 Å². The Balaban J connectivity index is 1.99. The van der Waals surface area contributed by atoms with Crippen LogP contribution in [0.1, 0.15) is 29.6 Å². The van der Waals surface area contributed by atoms with Gasteiger partial charge in [0.1, 0.15) is 12.2 Å². The van der Waals surface area contributed by atoms with Gasteiger partial charge in [-0.15, -0.1) is 0 Å². The fraction of sp³-hybridized carbons (Fsp3) is 0.429. The second kappa shape index (κ2) is 4.57. The summed E-state index contributed by atoms with van der Waals surface area (Å²) in [5.41, 5.74) is 1.47. The summed E-state index contributed by atoms with van der Waals surface area (Å²) < 4.78 is 4.81. The van der Waals surface area contributed by atoms with E-state index in [4.69, 9.17) is 4.74 Å². The number of fused-ring (bicyclic) bond motifs is 2. The molecule has 100 valence electrons. The first-order valence-electron chi connectivity index (χ1n) is 6.48. The van der Waals surface area contributed by atoms with Gasteiger partial charge in [0.25, 0.3) is 5.91 Å². The van der Waals surface area contributed by atoms with Gasteiger partial charge in [0, 0.05) is 5.69 Å². The van der Waals surface area contributed by atoms with Crippen LogP contribution in [0.4, 0.5) is 5.69 Å². The van der Waals surface area contributed by atoms with Crippen molar-refractivity contribution in [2.24, 2.45) is 0 Å². The van der Waals surface area contributed by atoms with E-state index in [9.17, 15) is 9.59 Å². The fourth-order valence-corrected chi connectivity index (χ4v) is 2.91. The van der Waals surface area contributed by atoms with Crippen molar-refractivity contribution in [3.8, 4) is 0 Å². The second-order valence-corrected chi connectivity index (χ2v) is 4.89. The number of rotatable bonds is 1. The number of para-hydroxylation sites is 1. The minimum absolute atomic E-state index is 0.0885. The maximum Gasteiger partial charge on any atom is 0.328 e. The predicted octanol–water partition coefficient (Wildman–Crippen LogP) is 1.61. The Morgan fingerprint density at radius 3 is 2.95 bits per heavy atom. The SMILES string of the molecule is COC(=O)[C@@H]1CCC[C@H]2Nc3ccccc3C(=O)N21. The number of anilines is 1. The predicted molar refractivity (Wildman–Crippen MR) is 69.7 cm³/mol. The zero-order valence-electron chi connectivity index (χ0n) is 10.8. The number of carbonyl (C=O) groups excluding carboxylic acids is 2. The molecule has 0 aliphatic carbocycles. The highest BCUT2D eigenvalue weighted by Gasteiger charge is 2.42. The highest BCUT2D eigenvalue weighted by Crippen LogP contribution is 2.33. The summed E-state index contributed by atoms with van der Waals surface area (Å²) >= 11 is 0. The molecule has 0 bridgehead atoms. The number of nitrogens with zero attached hydrogens (tertiary/aromatic N) is 1. The molecule has 5 nitrogen and oxygen atoms in total. The highest BCUT2D eigenvalue weighted by atomic mass is 16.5. The molecule has 1 aromatic carbocycles. The van der Waals surface area contributed by atoms with Gasteiger partial charge in [-0.2, -0.15) is 0 Å². The molecular formula is C14H16N2O3.